The number of rotatable bonds is 62. The lowest BCUT2D eigenvalue weighted by molar-refractivity contribution is -0.167. The third-order valence-corrected chi connectivity index (χ3v) is 14.6. The number of unbranched alkanes of at least 4 members (excludes halogenated alkanes) is 29. The van der Waals surface area contributed by atoms with Crippen LogP contribution in [0.3, 0.4) is 0 Å². The molecular formula is C77H128O6. The van der Waals surface area contributed by atoms with Crippen molar-refractivity contribution in [1.29, 1.82) is 0 Å². The summed E-state index contributed by atoms with van der Waals surface area (Å²) in [5.41, 5.74) is 0. The maximum atomic E-state index is 12.9. The first-order valence-corrected chi connectivity index (χ1v) is 34.7. The number of carbonyl (C=O) groups is 3. The molecule has 1 atom stereocenters. The van der Waals surface area contributed by atoms with Crippen LogP contribution in [0.2, 0.25) is 0 Å². The van der Waals surface area contributed by atoms with E-state index in [1.54, 1.807) is 0 Å². The third kappa shape index (κ3) is 68.2. The lowest BCUT2D eigenvalue weighted by Gasteiger charge is -2.18. The Morgan fingerprint density at radius 3 is 0.747 bits per heavy atom. The number of ether oxygens (including phenoxy) is 3. The fraction of sp³-hybridized carbons (Fsp3) is 0.675. The van der Waals surface area contributed by atoms with Crippen molar-refractivity contribution in [1.82, 2.24) is 0 Å². The number of allylic oxidation sites excluding steroid dienone is 22. The molecule has 0 aliphatic heterocycles. The first-order chi connectivity index (χ1) is 41.0. The third-order valence-electron chi connectivity index (χ3n) is 14.6. The van der Waals surface area contributed by atoms with E-state index in [9.17, 15) is 14.4 Å². The van der Waals surface area contributed by atoms with E-state index in [-0.39, 0.29) is 31.1 Å². The van der Waals surface area contributed by atoms with Crippen molar-refractivity contribution < 1.29 is 28.6 Å². The summed E-state index contributed by atoms with van der Waals surface area (Å²) in [6, 6.07) is 0. The Bertz CT molecular complexity index is 1750. The number of esters is 3. The summed E-state index contributed by atoms with van der Waals surface area (Å²) >= 11 is 0. The van der Waals surface area contributed by atoms with Gasteiger partial charge in [0.05, 0.1) is 0 Å². The van der Waals surface area contributed by atoms with Gasteiger partial charge in [-0.2, -0.15) is 0 Å². The second-order valence-electron chi connectivity index (χ2n) is 22.7. The Morgan fingerprint density at radius 2 is 0.470 bits per heavy atom. The van der Waals surface area contributed by atoms with Gasteiger partial charge in [0.15, 0.2) is 6.10 Å². The van der Waals surface area contributed by atoms with Gasteiger partial charge in [0.25, 0.3) is 0 Å². The minimum Gasteiger partial charge on any atom is -0.462 e. The molecule has 0 saturated carbocycles. The summed E-state index contributed by atoms with van der Waals surface area (Å²) in [5.74, 6) is -0.907. The normalized spacial score (nSPS) is 13.0. The molecule has 6 nitrogen and oxygen atoms in total. The van der Waals surface area contributed by atoms with Crippen molar-refractivity contribution >= 4 is 17.9 Å². The summed E-state index contributed by atoms with van der Waals surface area (Å²) in [4.78, 5) is 38.4. The second kappa shape index (κ2) is 70.0. The van der Waals surface area contributed by atoms with E-state index in [1.165, 1.54) is 128 Å². The van der Waals surface area contributed by atoms with Crippen LogP contribution < -0.4 is 0 Å². The Kier molecular flexibility index (Phi) is 66.3. The zero-order chi connectivity index (χ0) is 59.9. The van der Waals surface area contributed by atoms with E-state index in [4.69, 9.17) is 14.2 Å². The van der Waals surface area contributed by atoms with Crippen LogP contribution >= 0.6 is 0 Å². The highest BCUT2D eigenvalue weighted by Crippen LogP contribution is 2.16. The summed E-state index contributed by atoms with van der Waals surface area (Å²) in [6.45, 7) is 6.51. The molecule has 0 aromatic rings. The molecular weight excluding hydrogens is 1020 g/mol. The van der Waals surface area contributed by atoms with Gasteiger partial charge in [-0.3, -0.25) is 14.4 Å². The Hall–Kier alpha value is -4.45. The number of hydrogen-bond donors (Lipinski definition) is 0. The SMILES string of the molecule is CC/C=C\C/C=C\C/C=C\C/C=C\C/C=C\C/C=C\C/C=C\C/C=C\C/C=C\CCCCCCCC(=O)OCC(COC(=O)CCCCCCCCCCCCCCCC)OC(=O)CCCCCCCCC/C=C\C/C=C\CCCCCC. The molecule has 0 radical (unpaired) electrons. The average molecular weight is 1150 g/mol. The maximum absolute atomic E-state index is 12.9. The highest BCUT2D eigenvalue weighted by Gasteiger charge is 2.19. The van der Waals surface area contributed by atoms with E-state index in [2.05, 4.69) is 154 Å². The van der Waals surface area contributed by atoms with Crippen LogP contribution in [0.1, 0.15) is 316 Å². The quantitative estimate of drug-likeness (QED) is 0.0261. The van der Waals surface area contributed by atoms with Crippen LogP contribution in [-0.4, -0.2) is 37.2 Å². The number of hydrogen-bond acceptors (Lipinski definition) is 6. The lowest BCUT2D eigenvalue weighted by atomic mass is 10.0. The van der Waals surface area contributed by atoms with Gasteiger partial charge in [0.2, 0.25) is 0 Å². The molecule has 0 aliphatic carbocycles. The Morgan fingerprint density at radius 1 is 0.253 bits per heavy atom. The molecule has 472 valence electrons. The van der Waals surface area contributed by atoms with Crippen LogP contribution in [0.25, 0.3) is 0 Å². The van der Waals surface area contributed by atoms with Crippen molar-refractivity contribution in [2.45, 2.75) is 322 Å². The van der Waals surface area contributed by atoms with Crippen molar-refractivity contribution in [3.8, 4) is 0 Å². The average Bonchev–Trinajstić information content (AvgIpc) is 3.49. The van der Waals surface area contributed by atoms with Crippen LogP contribution in [0.15, 0.2) is 134 Å². The monoisotopic (exact) mass is 1150 g/mol. The molecule has 0 aromatic carbocycles. The van der Waals surface area contributed by atoms with Crippen LogP contribution in [-0.2, 0) is 28.6 Å². The summed E-state index contributed by atoms with van der Waals surface area (Å²) in [7, 11) is 0. The van der Waals surface area contributed by atoms with E-state index in [0.717, 1.165) is 148 Å². The first-order valence-electron chi connectivity index (χ1n) is 34.7. The van der Waals surface area contributed by atoms with Gasteiger partial charge < -0.3 is 14.2 Å². The van der Waals surface area contributed by atoms with E-state index >= 15 is 0 Å². The van der Waals surface area contributed by atoms with E-state index < -0.39 is 6.10 Å². The van der Waals surface area contributed by atoms with Gasteiger partial charge in [-0.1, -0.05) is 309 Å². The molecule has 0 N–H and O–H groups in total. The van der Waals surface area contributed by atoms with Crippen molar-refractivity contribution in [2.24, 2.45) is 0 Å². The standard InChI is InChI=1S/C77H128O6/c1-4-7-10-13-16-19-22-25-28-30-32-33-34-35-36-37-38-39-40-41-42-43-44-45-46-48-49-52-55-58-61-64-67-70-76(79)82-73-74(72-81-75(78)69-66-63-60-57-54-51-27-24-21-18-15-12-9-6-3)83-77(80)71-68-65-62-59-56-53-50-47-31-29-26-23-20-17-14-11-8-5-2/h7,10,16,19-20,23,25,28-29,31-33,35-36,38-39,41-42,44-45,48-49,74H,4-6,8-9,11-15,17-18,21-22,24,26-27,30,34,37,40,43,46-47,50-73H2,1-3H3/b10-7-,19-16-,23-20-,28-25-,31-29-,33-32-,36-35-,39-38-,42-41-,45-44-,49-48-. The summed E-state index contributed by atoms with van der Waals surface area (Å²) < 4.78 is 16.9. The molecule has 0 heterocycles. The van der Waals surface area contributed by atoms with Crippen LogP contribution in [0, 0.1) is 0 Å². The topological polar surface area (TPSA) is 78.9 Å². The molecule has 1 unspecified atom stereocenters. The zero-order valence-electron chi connectivity index (χ0n) is 54.2. The smallest absolute Gasteiger partial charge is 0.306 e. The van der Waals surface area contributed by atoms with Gasteiger partial charge in [-0.25, -0.2) is 0 Å². The minimum absolute atomic E-state index is 0.0874. The highest BCUT2D eigenvalue weighted by molar-refractivity contribution is 5.71. The van der Waals surface area contributed by atoms with Gasteiger partial charge in [-0.05, 0) is 122 Å². The predicted molar refractivity (Wildman–Crippen MR) is 362 cm³/mol. The molecule has 0 aromatic heterocycles. The van der Waals surface area contributed by atoms with Gasteiger partial charge in [0.1, 0.15) is 13.2 Å². The predicted octanol–water partition coefficient (Wildman–Crippen LogP) is 24.1. The first kappa shape index (κ1) is 78.5. The van der Waals surface area contributed by atoms with E-state index in [0.29, 0.717) is 19.3 Å². The van der Waals surface area contributed by atoms with Gasteiger partial charge >= 0.3 is 17.9 Å². The highest BCUT2D eigenvalue weighted by atomic mass is 16.6. The summed E-state index contributed by atoms with van der Waals surface area (Å²) in [5, 5.41) is 0. The van der Waals surface area contributed by atoms with Crippen LogP contribution in [0.4, 0.5) is 0 Å². The Labute approximate surface area is 513 Å². The molecule has 0 aliphatic rings. The lowest BCUT2D eigenvalue weighted by Crippen LogP contribution is -2.30. The fourth-order valence-corrected chi connectivity index (χ4v) is 9.47. The van der Waals surface area contributed by atoms with E-state index in [1.807, 2.05) is 0 Å². The van der Waals surface area contributed by atoms with Crippen molar-refractivity contribution in [2.75, 3.05) is 13.2 Å². The molecule has 0 amide bonds. The molecule has 0 fully saturated rings. The largest absolute Gasteiger partial charge is 0.462 e. The summed E-state index contributed by atoms with van der Waals surface area (Å²) in [6.07, 6.45) is 98.9. The number of carbonyl (C=O) groups excluding carboxylic acids is 3. The molecule has 0 saturated heterocycles. The van der Waals surface area contributed by atoms with Crippen LogP contribution in [0.5, 0.6) is 0 Å². The molecule has 6 heteroatoms. The molecule has 0 spiro atoms. The van der Waals surface area contributed by atoms with Crippen molar-refractivity contribution in [3.05, 3.63) is 134 Å². The van der Waals surface area contributed by atoms with Gasteiger partial charge in [-0.15, -0.1) is 0 Å². The van der Waals surface area contributed by atoms with Gasteiger partial charge in [0, 0.05) is 19.3 Å². The van der Waals surface area contributed by atoms with Crippen molar-refractivity contribution in [3.63, 3.8) is 0 Å². The Balaban J connectivity index is 4.35. The molecule has 83 heavy (non-hydrogen) atoms. The fourth-order valence-electron chi connectivity index (χ4n) is 9.47. The maximum Gasteiger partial charge on any atom is 0.306 e. The molecule has 0 bridgehead atoms. The zero-order valence-corrected chi connectivity index (χ0v) is 54.2. The molecule has 0 rings (SSSR count). The second-order valence-corrected chi connectivity index (χ2v) is 22.7. The minimum atomic E-state index is -0.794.